The van der Waals surface area contributed by atoms with Gasteiger partial charge in [0.2, 0.25) is 0 Å². The van der Waals surface area contributed by atoms with Crippen LogP contribution in [-0.2, 0) is 0 Å². The molecule has 0 aliphatic rings. The highest BCUT2D eigenvalue weighted by atomic mass is 79.9. The van der Waals surface area contributed by atoms with Crippen molar-refractivity contribution in [2.45, 2.75) is 6.04 Å². The van der Waals surface area contributed by atoms with Crippen molar-refractivity contribution in [2.24, 2.45) is 5.73 Å². The molecular weight excluding hydrogens is 274 g/mol. The molecule has 1 aromatic carbocycles. The molecule has 78 valence electrons. The highest BCUT2D eigenvalue weighted by Crippen LogP contribution is 2.30. The summed E-state index contributed by atoms with van der Waals surface area (Å²) >= 11 is 4.90. The maximum absolute atomic E-state index is 9.75. The quantitative estimate of drug-likeness (QED) is 0.889. The van der Waals surface area contributed by atoms with Crippen LogP contribution in [0.1, 0.15) is 17.2 Å². The van der Waals surface area contributed by atoms with Crippen molar-refractivity contribution in [3.05, 3.63) is 50.6 Å². The summed E-state index contributed by atoms with van der Waals surface area (Å²) in [7, 11) is 0. The van der Waals surface area contributed by atoms with Gasteiger partial charge in [-0.2, -0.15) is 11.3 Å². The van der Waals surface area contributed by atoms with Gasteiger partial charge in [-0.15, -0.1) is 0 Å². The third kappa shape index (κ3) is 2.22. The number of hydrogen-bond donors (Lipinski definition) is 2. The van der Waals surface area contributed by atoms with Crippen LogP contribution in [0.25, 0.3) is 0 Å². The number of phenolic OH excluding ortho intramolecular Hbond substituents is 1. The first kappa shape index (κ1) is 10.7. The summed E-state index contributed by atoms with van der Waals surface area (Å²) in [6, 6.07) is 7.07. The van der Waals surface area contributed by atoms with Crippen molar-refractivity contribution in [2.75, 3.05) is 0 Å². The van der Waals surface area contributed by atoms with Crippen molar-refractivity contribution >= 4 is 27.3 Å². The first-order valence-corrected chi connectivity index (χ1v) is 6.18. The minimum atomic E-state index is -0.260. The van der Waals surface area contributed by atoms with E-state index in [9.17, 15) is 5.11 Å². The fourth-order valence-electron chi connectivity index (χ4n) is 1.41. The van der Waals surface area contributed by atoms with E-state index in [4.69, 9.17) is 5.73 Å². The molecule has 0 bridgehead atoms. The number of nitrogens with two attached hydrogens (primary N) is 1. The molecule has 0 spiro atoms. The molecule has 3 N–H and O–H groups in total. The van der Waals surface area contributed by atoms with Gasteiger partial charge >= 0.3 is 0 Å². The summed E-state index contributed by atoms with van der Waals surface area (Å²) in [5, 5.41) is 13.7. The zero-order valence-corrected chi connectivity index (χ0v) is 10.3. The molecule has 0 aliphatic carbocycles. The van der Waals surface area contributed by atoms with Crippen molar-refractivity contribution in [3.63, 3.8) is 0 Å². The van der Waals surface area contributed by atoms with Crippen LogP contribution in [0, 0.1) is 0 Å². The second-order valence-electron chi connectivity index (χ2n) is 3.24. The topological polar surface area (TPSA) is 46.2 Å². The molecule has 0 saturated carbocycles. The SMILES string of the molecule is N[C@@H](c1ccsc1)c1ccc(Br)cc1O. The Labute approximate surface area is 100 Å². The Bertz CT molecular complexity index is 456. The van der Waals surface area contributed by atoms with Crippen LogP contribution in [0.3, 0.4) is 0 Å². The highest BCUT2D eigenvalue weighted by molar-refractivity contribution is 9.10. The van der Waals surface area contributed by atoms with Gasteiger partial charge in [0.25, 0.3) is 0 Å². The number of thiophene rings is 1. The Morgan fingerprint density at radius 3 is 2.73 bits per heavy atom. The zero-order valence-electron chi connectivity index (χ0n) is 7.85. The van der Waals surface area contributed by atoms with E-state index in [-0.39, 0.29) is 11.8 Å². The third-order valence-electron chi connectivity index (χ3n) is 2.23. The second-order valence-corrected chi connectivity index (χ2v) is 4.93. The minimum absolute atomic E-state index is 0.225. The number of aromatic hydroxyl groups is 1. The van der Waals surface area contributed by atoms with Crippen molar-refractivity contribution < 1.29 is 5.11 Å². The van der Waals surface area contributed by atoms with Gasteiger partial charge in [-0.1, -0.05) is 22.0 Å². The summed E-state index contributed by atoms with van der Waals surface area (Å²) in [5.41, 5.74) is 7.82. The van der Waals surface area contributed by atoms with Crippen molar-refractivity contribution in [3.8, 4) is 5.75 Å². The highest BCUT2D eigenvalue weighted by Gasteiger charge is 2.13. The summed E-state index contributed by atoms with van der Waals surface area (Å²) in [5.74, 6) is 0.225. The van der Waals surface area contributed by atoms with Crippen LogP contribution in [0.2, 0.25) is 0 Å². The molecule has 15 heavy (non-hydrogen) atoms. The number of phenols is 1. The maximum Gasteiger partial charge on any atom is 0.121 e. The molecule has 0 unspecified atom stereocenters. The number of halogens is 1. The fraction of sp³-hybridized carbons (Fsp3) is 0.0909. The van der Waals surface area contributed by atoms with Crippen molar-refractivity contribution in [1.29, 1.82) is 0 Å². The summed E-state index contributed by atoms with van der Waals surface area (Å²) in [4.78, 5) is 0. The van der Waals surface area contributed by atoms with Gasteiger partial charge in [0.15, 0.2) is 0 Å². The van der Waals surface area contributed by atoms with Crippen LogP contribution in [-0.4, -0.2) is 5.11 Å². The molecule has 1 heterocycles. The lowest BCUT2D eigenvalue weighted by atomic mass is 10.0. The molecule has 0 radical (unpaired) electrons. The first-order chi connectivity index (χ1) is 7.18. The van der Waals surface area contributed by atoms with Gasteiger partial charge in [-0.05, 0) is 34.5 Å². The Morgan fingerprint density at radius 1 is 1.33 bits per heavy atom. The standard InChI is InChI=1S/C11H10BrNOS/c12-8-1-2-9(10(14)5-8)11(13)7-3-4-15-6-7/h1-6,11,14H,13H2/t11-/m0/s1. The third-order valence-corrected chi connectivity index (χ3v) is 3.42. The van der Waals surface area contributed by atoms with Crippen LogP contribution in [0.5, 0.6) is 5.75 Å². The molecule has 2 rings (SSSR count). The fourth-order valence-corrected chi connectivity index (χ4v) is 2.46. The Balaban J connectivity index is 2.38. The molecular formula is C11H10BrNOS. The van der Waals surface area contributed by atoms with E-state index >= 15 is 0 Å². The molecule has 0 aliphatic heterocycles. The minimum Gasteiger partial charge on any atom is -0.508 e. The number of benzene rings is 1. The van der Waals surface area contributed by atoms with Crippen LogP contribution in [0.4, 0.5) is 0 Å². The number of rotatable bonds is 2. The molecule has 2 aromatic rings. The van der Waals surface area contributed by atoms with Crippen LogP contribution >= 0.6 is 27.3 Å². The molecule has 0 saturated heterocycles. The average Bonchev–Trinajstić information content (AvgIpc) is 2.69. The van der Waals surface area contributed by atoms with Gasteiger partial charge < -0.3 is 10.8 Å². The molecule has 0 amide bonds. The van der Waals surface area contributed by atoms with Gasteiger partial charge in [0, 0.05) is 10.0 Å². The van der Waals surface area contributed by atoms with Crippen molar-refractivity contribution in [1.82, 2.24) is 0 Å². The monoisotopic (exact) mass is 283 g/mol. The predicted molar refractivity (Wildman–Crippen MR) is 66.2 cm³/mol. The van der Waals surface area contributed by atoms with E-state index in [0.29, 0.717) is 0 Å². The first-order valence-electron chi connectivity index (χ1n) is 4.44. The lowest BCUT2D eigenvalue weighted by Crippen LogP contribution is -2.10. The lowest BCUT2D eigenvalue weighted by Gasteiger charge is -2.12. The number of hydrogen-bond acceptors (Lipinski definition) is 3. The van der Waals surface area contributed by atoms with Crippen LogP contribution < -0.4 is 5.73 Å². The van der Waals surface area contributed by atoms with Gasteiger partial charge in [0.05, 0.1) is 6.04 Å². The summed E-state index contributed by atoms with van der Waals surface area (Å²) in [6.07, 6.45) is 0. The Kier molecular flexibility index (Phi) is 3.09. The smallest absolute Gasteiger partial charge is 0.121 e. The maximum atomic E-state index is 9.75. The Morgan fingerprint density at radius 2 is 2.13 bits per heavy atom. The molecule has 4 heteroatoms. The van der Waals surface area contributed by atoms with Gasteiger partial charge in [-0.3, -0.25) is 0 Å². The zero-order chi connectivity index (χ0) is 10.8. The normalized spacial score (nSPS) is 12.7. The average molecular weight is 284 g/mol. The van der Waals surface area contributed by atoms with E-state index in [1.54, 1.807) is 17.4 Å². The van der Waals surface area contributed by atoms with Crippen LogP contribution in [0.15, 0.2) is 39.5 Å². The van der Waals surface area contributed by atoms with E-state index < -0.39 is 0 Å². The summed E-state index contributed by atoms with van der Waals surface area (Å²) < 4.78 is 0.848. The van der Waals surface area contributed by atoms with E-state index in [0.717, 1.165) is 15.6 Å². The largest absolute Gasteiger partial charge is 0.508 e. The second kappa shape index (κ2) is 4.35. The van der Waals surface area contributed by atoms with Gasteiger partial charge in [-0.25, -0.2) is 0 Å². The molecule has 1 aromatic heterocycles. The van der Waals surface area contributed by atoms with Gasteiger partial charge in [0.1, 0.15) is 5.75 Å². The van der Waals surface area contributed by atoms with E-state index in [1.807, 2.05) is 29.0 Å². The molecule has 2 nitrogen and oxygen atoms in total. The molecule has 1 atom stereocenters. The molecule has 0 fully saturated rings. The Hall–Kier alpha value is -0.840. The predicted octanol–water partition coefficient (Wildman–Crippen LogP) is 3.26. The van der Waals surface area contributed by atoms with E-state index in [2.05, 4.69) is 15.9 Å². The summed E-state index contributed by atoms with van der Waals surface area (Å²) in [6.45, 7) is 0. The van der Waals surface area contributed by atoms with E-state index in [1.165, 1.54) is 0 Å². The lowest BCUT2D eigenvalue weighted by molar-refractivity contribution is 0.465.